The fourth-order valence-corrected chi connectivity index (χ4v) is 6.09. The van der Waals surface area contributed by atoms with Gasteiger partial charge in [0.15, 0.2) is 0 Å². The van der Waals surface area contributed by atoms with Crippen LogP contribution in [0.1, 0.15) is 50.6 Å². The molecule has 0 aromatic carbocycles. The first-order valence-electron chi connectivity index (χ1n) is 11.1. The zero-order chi connectivity index (χ0) is 23.8. The van der Waals surface area contributed by atoms with Crippen LogP contribution in [0.15, 0.2) is 29.7 Å². The van der Waals surface area contributed by atoms with Crippen LogP contribution in [-0.2, 0) is 10.0 Å². The number of fused-ring (bicyclic) bond motifs is 1. The number of pyridine rings is 1. The van der Waals surface area contributed by atoms with Gasteiger partial charge in [0.2, 0.25) is 16.0 Å². The third-order valence-electron chi connectivity index (χ3n) is 6.59. The molecule has 11 heteroatoms. The van der Waals surface area contributed by atoms with E-state index in [0.29, 0.717) is 55.8 Å². The average Bonchev–Trinajstić information content (AvgIpc) is 3.12. The highest BCUT2D eigenvalue weighted by atomic mass is 32.2. The van der Waals surface area contributed by atoms with Crippen LogP contribution in [0.3, 0.4) is 0 Å². The van der Waals surface area contributed by atoms with E-state index in [-0.39, 0.29) is 17.4 Å². The van der Waals surface area contributed by atoms with Crippen LogP contribution < -0.4 is 10.9 Å². The summed E-state index contributed by atoms with van der Waals surface area (Å²) in [6.45, 7) is 5.99. The lowest BCUT2D eigenvalue weighted by Crippen LogP contribution is -2.43. The normalized spacial score (nSPS) is 24.6. The summed E-state index contributed by atoms with van der Waals surface area (Å²) in [6.07, 6.45) is 6.08. The van der Waals surface area contributed by atoms with E-state index < -0.39 is 27.2 Å². The summed E-state index contributed by atoms with van der Waals surface area (Å²) in [5, 5.41) is 24.1. The summed E-state index contributed by atoms with van der Waals surface area (Å²) in [7, 11) is -3.33. The number of rotatable bonds is 6. The topological polar surface area (TPSA) is 141 Å². The monoisotopic (exact) mass is 472 g/mol. The van der Waals surface area contributed by atoms with E-state index in [0.717, 1.165) is 6.42 Å². The summed E-state index contributed by atoms with van der Waals surface area (Å²) < 4.78 is 27.4. The second-order valence-corrected chi connectivity index (χ2v) is 11.0. The molecular weight excluding hydrogens is 444 g/mol. The van der Waals surface area contributed by atoms with Crippen molar-refractivity contribution in [1.29, 1.82) is 5.26 Å². The lowest BCUT2D eigenvalue weighted by molar-refractivity contribution is 0.0266. The first-order valence-corrected chi connectivity index (χ1v) is 12.7. The second-order valence-electron chi connectivity index (χ2n) is 8.97. The number of hydrogen-bond acceptors (Lipinski definition) is 8. The molecule has 176 valence electrons. The maximum atomic E-state index is 13.1. The van der Waals surface area contributed by atoms with Crippen molar-refractivity contribution in [2.45, 2.75) is 56.7 Å². The minimum atomic E-state index is -3.33. The van der Waals surface area contributed by atoms with Crippen LogP contribution in [0.5, 0.6) is 0 Å². The van der Waals surface area contributed by atoms with Gasteiger partial charge in [-0.25, -0.2) is 17.7 Å². The van der Waals surface area contributed by atoms with Crippen molar-refractivity contribution in [2.75, 3.05) is 24.2 Å². The lowest BCUT2D eigenvalue weighted by atomic mass is 9.99. The SMILES string of the molecule is C=CCS(=O)(=O)N1CCC(Nc2ncc3cc(C#N)c(=O)n([C@@H]4CCC[C@@]4(C)O)c3n2)CC1. The van der Waals surface area contributed by atoms with Crippen LogP contribution in [0.4, 0.5) is 5.95 Å². The van der Waals surface area contributed by atoms with Gasteiger partial charge in [0.05, 0.1) is 17.4 Å². The number of sulfonamides is 1. The molecule has 33 heavy (non-hydrogen) atoms. The number of piperidine rings is 1. The van der Waals surface area contributed by atoms with E-state index in [2.05, 4.69) is 21.9 Å². The molecule has 0 bridgehead atoms. The van der Waals surface area contributed by atoms with Gasteiger partial charge in [-0.1, -0.05) is 6.08 Å². The lowest BCUT2D eigenvalue weighted by Gasteiger charge is -2.31. The Morgan fingerprint density at radius 2 is 2.12 bits per heavy atom. The van der Waals surface area contributed by atoms with E-state index in [1.165, 1.54) is 21.0 Å². The Kier molecular flexibility index (Phi) is 6.26. The molecule has 2 aromatic rings. The maximum Gasteiger partial charge on any atom is 0.270 e. The summed E-state index contributed by atoms with van der Waals surface area (Å²) in [5.41, 5.74) is -1.19. The number of hydrogen-bond donors (Lipinski definition) is 2. The Balaban J connectivity index is 1.62. The molecule has 0 radical (unpaired) electrons. The molecule has 1 saturated carbocycles. The predicted octanol–water partition coefficient (Wildman–Crippen LogP) is 1.53. The van der Waals surface area contributed by atoms with Crippen molar-refractivity contribution in [3.05, 3.63) is 40.8 Å². The minimum absolute atomic E-state index is 0.0115. The van der Waals surface area contributed by atoms with Gasteiger partial charge in [0, 0.05) is 30.7 Å². The van der Waals surface area contributed by atoms with Crippen molar-refractivity contribution in [1.82, 2.24) is 18.8 Å². The van der Waals surface area contributed by atoms with Crippen molar-refractivity contribution in [3.63, 3.8) is 0 Å². The van der Waals surface area contributed by atoms with E-state index in [9.17, 15) is 23.6 Å². The quantitative estimate of drug-likeness (QED) is 0.603. The average molecular weight is 473 g/mol. The van der Waals surface area contributed by atoms with E-state index in [4.69, 9.17) is 0 Å². The van der Waals surface area contributed by atoms with Gasteiger partial charge in [0.1, 0.15) is 17.3 Å². The molecular formula is C22H28N6O4S. The zero-order valence-electron chi connectivity index (χ0n) is 18.6. The van der Waals surface area contributed by atoms with Crippen LogP contribution in [0.2, 0.25) is 0 Å². The predicted molar refractivity (Wildman–Crippen MR) is 124 cm³/mol. The van der Waals surface area contributed by atoms with Crippen molar-refractivity contribution < 1.29 is 13.5 Å². The smallest absolute Gasteiger partial charge is 0.270 e. The van der Waals surface area contributed by atoms with Crippen molar-refractivity contribution in [2.24, 2.45) is 0 Å². The van der Waals surface area contributed by atoms with Gasteiger partial charge in [-0.3, -0.25) is 9.36 Å². The number of anilines is 1. The summed E-state index contributed by atoms with van der Waals surface area (Å²) in [6, 6.07) is 2.91. The molecule has 2 aromatic heterocycles. The van der Waals surface area contributed by atoms with Crippen molar-refractivity contribution >= 4 is 27.0 Å². The van der Waals surface area contributed by atoms with Crippen molar-refractivity contribution in [3.8, 4) is 6.07 Å². The minimum Gasteiger partial charge on any atom is -0.388 e. The Morgan fingerprint density at radius 3 is 2.73 bits per heavy atom. The molecule has 1 aliphatic carbocycles. The molecule has 2 N–H and O–H groups in total. The van der Waals surface area contributed by atoms with Gasteiger partial charge in [-0.05, 0) is 45.1 Å². The van der Waals surface area contributed by atoms with Gasteiger partial charge in [0.25, 0.3) is 5.56 Å². The molecule has 2 fully saturated rings. The Hall–Kier alpha value is -2.81. The zero-order valence-corrected chi connectivity index (χ0v) is 19.4. The molecule has 1 saturated heterocycles. The number of nitrogens with one attached hydrogen (secondary N) is 1. The fraction of sp³-hybridized carbons (Fsp3) is 0.545. The first kappa shape index (κ1) is 23.4. The third-order valence-corrected chi connectivity index (χ3v) is 8.40. The maximum absolute atomic E-state index is 13.1. The van der Waals surface area contributed by atoms with E-state index in [1.54, 1.807) is 13.1 Å². The highest BCUT2D eigenvalue weighted by Crippen LogP contribution is 2.39. The Bertz CT molecular complexity index is 1270. The molecule has 10 nitrogen and oxygen atoms in total. The van der Waals surface area contributed by atoms with Crippen LogP contribution in [0.25, 0.3) is 11.0 Å². The van der Waals surface area contributed by atoms with Crippen LogP contribution in [-0.4, -0.2) is 62.8 Å². The van der Waals surface area contributed by atoms with Gasteiger partial charge >= 0.3 is 0 Å². The Morgan fingerprint density at radius 1 is 1.39 bits per heavy atom. The summed E-state index contributed by atoms with van der Waals surface area (Å²) in [4.78, 5) is 22.0. The highest BCUT2D eigenvalue weighted by Gasteiger charge is 2.40. The van der Waals surface area contributed by atoms with Crippen LogP contribution in [0, 0.1) is 11.3 Å². The summed E-state index contributed by atoms with van der Waals surface area (Å²) >= 11 is 0. The molecule has 2 atom stereocenters. The second kappa shape index (κ2) is 8.85. The van der Waals surface area contributed by atoms with E-state index >= 15 is 0 Å². The number of nitrogens with zero attached hydrogens (tertiary/aromatic N) is 5. The molecule has 2 aliphatic rings. The molecule has 4 rings (SSSR count). The first-order chi connectivity index (χ1) is 15.7. The molecule has 0 spiro atoms. The van der Waals surface area contributed by atoms with E-state index in [1.807, 2.05) is 6.07 Å². The Labute approximate surface area is 192 Å². The molecule has 0 amide bonds. The standard InChI is InChI=1S/C22H28N6O4S/c1-3-11-33(31,32)27-9-6-17(7-10-27)25-21-24-14-16-12-15(13-23)20(29)28(19(16)26-21)18-5-4-8-22(18,2)30/h3,12,14,17-18,30H,1,4-11H2,2H3,(H,24,25,26)/t18-,22-/m1/s1. The van der Waals surface area contributed by atoms with Gasteiger partial charge < -0.3 is 10.4 Å². The van der Waals surface area contributed by atoms with Gasteiger partial charge in [-0.15, -0.1) is 6.58 Å². The molecule has 3 heterocycles. The number of aromatic nitrogens is 3. The fourth-order valence-electron chi connectivity index (χ4n) is 4.81. The largest absolute Gasteiger partial charge is 0.388 e. The van der Waals surface area contributed by atoms with Crippen LogP contribution >= 0.6 is 0 Å². The summed E-state index contributed by atoms with van der Waals surface area (Å²) in [5.74, 6) is 0.247. The molecule has 0 unspecified atom stereocenters. The van der Waals surface area contributed by atoms with Gasteiger partial charge in [-0.2, -0.15) is 10.2 Å². The number of aliphatic hydroxyl groups is 1. The third kappa shape index (κ3) is 4.51. The highest BCUT2D eigenvalue weighted by molar-refractivity contribution is 7.89. The number of nitriles is 1. The molecule has 1 aliphatic heterocycles.